The topological polar surface area (TPSA) is 3.24 Å². The lowest BCUT2D eigenvalue weighted by Gasteiger charge is -2.32. The van der Waals surface area contributed by atoms with Gasteiger partial charge in [-0.05, 0) is 146 Å². The van der Waals surface area contributed by atoms with Crippen molar-refractivity contribution in [3.8, 4) is 66.8 Å². The minimum Gasteiger partial charge on any atom is -0.314 e. The summed E-state index contributed by atoms with van der Waals surface area (Å²) < 4.78 is 0. The molecular formula is C60H47N. The van der Waals surface area contributed by atoms with Gasteiger partial charge in [0.2, 0.25) is 0 Å². The Hall–Kier alpha value is -7.48. The van der Waals surface area contributed by atoms with Crippen LogP contribution in [0.25, 0.3) is 66.8 Å². The van der Waals surface area contributed by atoms with Crippen LogP contribution >= 0.6 is 0 Å². The molecule has 0 aromatic heterocycles. The lowest BCUT2D eigenvalue weighted by molar-refractivity contribution is 0.851. The van der Waals surface area contributed by atoms with Crippen LogP contribution in [-0.4, -0.2) is 0 Å². The van der Waals surface area contributed by atoms with Crippen LogP contribution in [0.15, 0.2) is 253 Å². The first-order valence-electron chi connectivity index (χ1n) is 21.5. The lowest BCUT2D eigenvalue weighted by Crippen LogP contribution is -2.18. The number of rotatable bonds is 10. The predicted molar refractivity (Wildman–Crippen MR) is 259 cm³/mol. The Morgan fingerprint density at radius 2 is 0.738 bits per heavy atom. The minimum absolute atomic E-state index is 0.940. The van der Waals surface area contributed by atoms with Crippen LogP contribution in [0.3, 0.4) is 0 Å². The third kappa shape index (κ3) is 8.12. The third-order valence-corrected chi connectivity index (χ3v) is 12.1. The average Bonchev–Trinajstić information content (AvgIpc) is 3.36. The fourth-order valence-electron chi connectivity index (χ4n) is 8.98. The molecule has 0 saturated heterocycles. The number of anilines is 2. The second kappa shape index (κ2) is 17.4. The first-order chi connectivity index (χ1) is 30.2. The van der Waals surface area contributed by atoms with Crippen molar-refractivity contribution >= 4 is 11.4 Å². The molecule has 0 heterocycles. The van der Waals surface area contributed by atoms with Crippen LogP contribution < -0.4 is 4.90 Å². The number of hydrogen-bond donors (Lipinski definition) is 0. The molecule has 0 bridgehead atoms. The molecule has 0 saturated carbocycles. The molecule has 0 fully saturated rings. The maximum absolute atomic E-state index is 2.51. The summed E-state index contributed by atoms with van der Waals surface area (Å²) in [6.45, 7) is 0. The molecule has 61 heavy (non-hydrogen) atoms. The average molecular weight is 782 g/mol. The Bertz CT molecular complexity index is 2760. The second-order valence-corrected chi connectivity index (χ2v) is 15.9. The summed E-state index contributed by atoms with van der Waals surface area (Å²) in [7, 11) is 0. The van der Waals surface area contributed by atoms with E-state index < -0.39 is 0 Å². The molecule has 0 aliphatic heterocycles. The molecule has 0 N–H and O–H groups in total. The zero-order valence-corrected chi connectivity index (χ0v) is 34.3. The summed E-state index contributed by atoms with van der Waals surface area (Å²) in [6, 6.07) is 75.2. The fourth-order valence-corrected chi connectivity index (χ4v) is 8.98. The highest BCUT2D eigenvalue weighted by Crippen LogP contribution is 2.44. The van der Waals surface area contributed by atoms with Gasteiger partial charge in [0.1, 0.15) is 0 Å². The Labute approximate surface area is 360 Å². The molecule has 0 spiro atoms. The largest absolute Gasteiger partial charge is 0.314 e. The smallest absolute Gasteiger partial charge is 0.0465 e. The van der Waals surface area contributed by atoms with E-state index in [2.05, 4.69) is 242 Å². The Morgan fingerprint density at radius 1 is 0.295 bits per heavy atom. The van der Waals surface area contributed by atoms with Crippen LogP contribution in [0.4, 0.5) is 11.4 Å². The van der Waals surface area contributed by atoms with E-state index in [1.54, 1.807) is 0 Å². The molecule has 0 unspecified atom stereocenters. The molecule has 292 valence electrons. The van der Waals surface area contributed by atoms with E-state index in [1.807, 2.05) is 0 Å². The highest BCUT2D eigenvalue weighted by molar-refractivity contribution is 5.91. The SMILES string of the molecule is C1=CCCC(C2=CC=C(N(c3ccc(-c4cccc(-c5ccccc5)c4)c(-c4ccccc4)c3)c3ccc(-c4cccc(-c5ccccc5)c4)c(-c4ccccc4)c3)CC2)=C1. The van der Waals surface area contributed by atoms with Crippen molar-refractivity contribution in [2.45, 2.75) is 25.7 Å². The van der Waals surface area contributed by atoms with E-state index in [-0.39, 0.29) is 0 Å². The van der Waals surface area contributed by atoms with Gasteiger partial charge in [0.15, 0.2) is 0 Å². The van der Waals surface area contributed by atoms with Gasteiger partial charge in [-0.25, -0.2) is 0 Å². The van der Waals surface area contributed by atoms with Gasteiger partial charge in [-0.1, -0.05) is 194 Å². The van der Waals surface area contributed by atoms with E-state index in [9.17, 15) is 0 Å². The summed E-state index contributed by atoms with van der Waals surface area (Å²) in [6.07, 6.45) is 15.7. The van der Waals surface area contributed by atoms with Crippen molar-refractivity contribution in [3.05, 3.63) is 253 Å². The van der Waals surface area contributed by atoms with Crippen molar-refractivity contribution in [1.29, 1.82) is 0 Å². The quantitative estimate of drug-likeness (QED) is 0.134. The molecule has 2 aliphatic carbocycles. The number of benzene rings is 8. The Morgan fingerprint density at radius 3 is 1.18 bits per heavy atom. The van der Waals surface area contributed by atoms with Crippen molar-refractivity contribution in [2.24, 2.45) is 0 Å². The molecule has 0 atom stereocenters. The first-order valence-corrected chi connectivity index (χ1v) is 21.5. The van der Waals surface area contributed by atoms with E-state index >= 15 is 0 Å². The highest BCUT2D eigenvalue weighted by Gasteiger charge is 2.22. The van der Waals surface area contributed by atoms with Gasteiger partial charge in [0.25, 0.3) is 0 Å². The second-order valence-electron chi connectivity index (χ2n) is 15.9. The van der Waals surface area contributed by atoms with Crippen molar-refractivity contribution in [2.75, 3.05) is 4.90 Å². The zero-order chi connectivity index (χ0) is 40.8. The molecular weight excluding hydrogens is 735 g/mol. The van der Waals surface area contributed by atoms with Crippen LogP contribution in [-0.2, 0) is 0 Å². The minimum atomic E-state index is 0.940. The lowest BCUT2D eigenvalue weighted by atomic mass is 9.89. The van der Waals surface area contributed by atoms with Crippen molar-refractivity contribution < 1.29 is 0 Å². The van der Waals surface area contributed by atoms with E-state index in [0.717, 1.165) is 37.1 Å². The maximum atomic E-state index is 2.51. The standard InChI is InChI=1S/C60H47N/c1-6-18-44(19-7-1)47-32-34-54(35-33-47)61(55-36-38-57(59(42-55)48-24-12-4-13-25-48)52-30-16-28-50(40-52)45-20-8-2-9-21-45)56-37-39-58(60(43-56)49-26-14-5-15-27-49)53-31-17-29-51(41-53)46-22-10-3-11-23-46/h1-6,8-18,20-32,34,36-43H,7,19,33,35H2. The van der Waals surface area contributed by atoms with E-state index in [0.29, 0.717) is 0 Å². The van der Waals surface area contributed by atoms with Gasteiger partial charge in [-0.2, -0.15) is 0 Å². The Balaban J connectivity index is 1.14. The zero-order valence-electron chi connectivity index (χ0n) is 34.3. The van der Waals surface area contributed by atoms with Gasteiger partial charge in [0.05, 0.1) is 0 Å². The summed E-state index contributed by atoms with van der Waals surface area (Å²) in [5, 5.41) is 0. The van der Waals surface area contributed by atoms with Crippen LogP contribution in [0.1, 0.15) is 25.7 Å². The number of allylic oxidation sites excluding steroid dienone is 8. The summed E-state index contributed by atoms with van der Waals surface area (Å²) in [4.78, 5) is 2.51. The van der Waals surface area contributed by atoms with Crippen molar-refractivity contribution in [1.82, 2.24) is 0 Å². The van der Waals surface area contributed by atoms with Crippen LogP contribution in [0.2, 0.25) is 0 Å². The van der Waals surface area contributed by atoms with Gasteiger partial charge in [-0.15, -0.1) is 0 Å². The van der Waals surface area contributed by atoms with Crippen LogP contribution in [0.5, 0.6) is 0 Å². The van der Waals surface area contributed by atoms with E-state index in [4.69, 9.17) is 0 Å². The van der Waals surface area contributed by atoms with Gasteiger partial charge in [0, 0.05) is 17.1 Å². The monoisotopic (exact) mass is 781 g/mol. The molecule has 0 amide bonds. The molecule has 10 rings (SSSR count). The highest BCUT2D eigenvalue weighted by atomic mass is 15.1. The van der Waals surface area contributed by atoms with E-state index in [1.165, 1.54) is 83.6 Å². The normalized spacial score (nSPS) is 13.5. The third-order valence-electron chi connectivity index (χ3n) is 12.1. The summed E-state index contributed by atoms with van der Waals surface area (Å²) >= 11 is 0. The predicted octanol–water partition coefficient (Wildman–Crippen LogP) is 16.7. The molecule has 8 aromatic rings. The van der Waals surface area contributed by atoms with Gasteiger partial charge in [-0.3, -0.25) is 0 Å². The fraction of sp³-hybridized carbons (Fsp3) is 0.0667. The molecule has 0 radical (unpaired) electrons. The van der Waals surface area contributed by atoms with Crippen LogP contribution in [0, 0.1) is 0 Å². The first kappa shape index (κ1) is 37.8. The Kier molecular flexibility index (Phi) is 10.8. The van der Waals surface area contributed by atoms with Gasteiger partial charge >= 0.3 is 0 Å². The molecule has 1 heteroatoms. The molecule has 1 nitrogen and oxygen atoms in total. The molecule has 8 aromatic carbocycles. The number of hydrogen-bond acceptors (Lipinski definition) is 1. The van der Waals surface area contributed by atoms with Gasteiger partial charge < -0.3 is 4.90 Å². The number of nitrogens with zero attached hydrogens (tertiary/aromatic N) is 1. The summed E-state index contributed by atoms with van der Waals surface area (Å²) in [5.41, 5.74) is 21.0. The van der Waals surface area contributed by atoms with Crippen molar-refractivity contribution in [3.63, 3.8) is 0 Å². The summed E-state index contributed by atoms with van der Waals surface area (Å²) in [5.74, 6) is 0. The molecule has 2 aliphatic rings. The maximum Gasteiger partial charge on any atom is 0.0465 e.